The fourth-order valence-corrected chi connectivity index (χ4v) is 3.62. The SMILES string of the molecule is Cc1ccc2[nH]c(=O)cc(C(=O)N3CCC[C@H](c4ccn[nH]4)C3)c2c1. The number of pyridine rings is 1. The van der Waals surface area contributed by atoms with Crippen molar-refractivity contribution in [1.82, 2.24) is 20.1 Å². The predicted octanol–water partition coefficient (Wildman–Crippen LogP) is 2.58. The van der Waals surface area contributed by atoms with Crippen LogP contribution in [0.25, 0.3) is 10.9 Å². The van der Waals surface area contributed by atoms with E-state index in [4.69, 9.17) is 0 Å². The lowest BCUT2D eigenvalue weighted by Gasteiger charge is -2.32. The minimum Gasteiger partial charge on any atom is -0.338 e. The highest BCUT2D eigenvalue weighted by Crippen LogP contribution is 2.27. The Morgan fingerprint density at radius 1 is 1.28 bits per heavy atom. The van der Waals surface area contributed by atoms with Crippen LogP contribution in [0, 0.1) is 6.92 Å². The van der Waals surface area contributed by atoms with Crippen LogP contribution in [-0.2, 0) is 0 Å². The summed E-state index contributed by atoms with van der Waals surface area (Å²) in [5.41, 5.74) is 3.05. The number of hydrogen-bond acceptors (Lipinski definition) is 3. The van der Waals surface area contributed by atoms with Crippen molar-refractivity contribution in [2.75, 3.05) is 13.1 Å². The second-order valence-corrected chi connectivity index (χ2v) is 6.70. The molecule has 1 atom stereocenters. The Morgan fingerprint density at radius 3 is 2.96 bits per heavy atom. The second-order valence-electron chi connectivity index (χ2n) is 6.70. The number of fused-ring (bicyclic) bond motifs is 1. The van der Waals surface area contributed by atoms with Crippen molar-refractivity contribution in [3.05, 3.63) is 63.7 Å². The van der Waals surface area contributed by atoms with E-state index in [0.717, 1.165) is 29.5 Å². The molecule has 1 fully saturated rings. The van der Waals surface area contributed by atoms with Crippen molar-refractivity contribution in [2.45, 2.75) is 25.7 Å². The van der Waals surface area contributed by atoms with E-state index in [2.05, 4.69) is 15.2 Å². The number of piperidine rings is 1. The number of likely N-dealkylation sites (tertiary alicyclic amines) is 1. The smallest absolute Gasteiger partial charge is 0.254 e. The molecular weight excluding hydrogens is 316 g/mol. The maximum atomic E-state index is 13.1. The van der Waals surface area contributed by atoms with E-state index in [-0.39, 0.29) is 17.4 Å². The third-order valence-corrected chi connectivity index (χ3v) is 4.90. The average Bonchev–Trinajstić information content (AvgIpc) is 3.16. The quantitative estimate of drug-likeness (QED) is 0.754. The van der Waals surface area contributed by atoms with Gasteiger partial charge >= 0.3 is 0 Å². The van der Waals surface area contributed by atoms with Gasteiger partial charge in [0.25, 0.3) is 5.91 Å². The third kappa shape index (κ3) is 2.95. The van der Waals surface area contributed by atoms with Gasteiger partial charge in [0, 0.05) is 47.9 Å². The largest absolute Gasteiger partial charge is 0.338 e. The van der Waals surface area contributed by atoms with Gasteiger partial charge in [-0.2, -0.15) is 5.10 Å². The van der Waals surface area contributed by atoms with Gasteiger partial charge in [0.2, 0.25) is 5.56 Å². The van der Waals surface area contributed by atoms with Gasteiger partial charge in [-0.15, -0.1) is 0 Å². The maximum absolute atomic E-state index is 13.1. The number of aromatic amines is 2. The minimum atomic E-state index is -0.248. The Morgan fingerprint density at radius 2 is 2.16 bits per heavy atom. The van der Waals surface area contributed by atoms with E-state index in [0.29, 0.717) is 24.2 Å². The summed E-state index contributed by atoms with van der Waals surface area (Å²) in [5.74, 6) is 0.182. The molecule has 0 radical (unpaired) electrons. The summed E-state index contributed by atoms with van der Waals surface area (Å²) in [7, 11) is 0. The van der Waals surface area contributed by atoms with Gasteiger partial charge in [-0.1, -0.05) is 11.6 Å². The zero-order valence-corrected chi connectivity index (χ0v) is 14.1. The molecule has 3 aromatic rings. The number of aromatic nitrogens is 3. The first-order valence-corrected chi connectivity index (χ1v) is 8.54. The Labute approximate surface area is 144 Å². The fourth-order valence-electron chi connectivity index (χ4n) is 3.62. The van der Waals surface area contributed by atoms with E-state index in [9.17, 15) is 9.59 Å². The Balaban J connectivity index is 1.70. The van der Waals surface area contributed by atoms with Crippen molar-refractivity contribution in [3.8, 4) is 0 Å². The van der Waals surface area contributed by atoms with Crippen LogP contribution in [0.15, 0.2) is 41.3 Å². The Hall–Kier alpha value is -2.89. The molecule has 2 N–H and O–H groups in total. The molecule has 128 valence electrons. The number of nitrogens with one attached hydrogen (secondary N) is 2. The molecule has 0 bridgehead atoms. The van der Waals surface area contributed by atoms with Crippen LogP contribution in [0.4, 0.5) is 0 Å². The number of amides is 1. The molecule has 6 heteroatoms. The minimum absolute atomic E-state index is 0.0779. The van der Waals surface area contributed by atoms with Gasteiger partial charge in [0.1, 0.15) is 0 Å². The summed E-state index contributed by atoms with van der Waals surface area (Å²) in [5, 5.41) is 7.82. The fraction of sp³-hybridized carbons (Fsp3) is 0.316. The first-order chi connectivity index (χ1) is 12.1. The normalized spacial score (nSPS) is 17.8. The van der Waals surface area contributed by atoms with E-state index < -0.39 is 0 Å². The molecule has 6 nitrogen and oxygen atoms in total. The number of hydrogen-bond donors (Lipinski definition) is 2. The molecule has 1 aromatic carbocycles. The highest BCUT2D eigenvalue weighted by atomic mass is 16.2. The zero-order chi connectivity index (χ0) is 17.4. The molecule has 0 unspecified atom stereocenters. The van der Waals surface area contributed by atoms with Crippen LogP contribution in [0.2, 0.25) is 0 Å². The molecule has 4 rings (SSSR count). The summed E-state index contributed by atoms with van der Waals surface area (Å²) >= 11 is 0. The lowest BCUT2D eigenvalue weighted by Crippen LogP contribution is -2.39. The van der Waals surface area contributed by atoms with Gasteiger partial charge in [-0.3, -0.25) is 14.7 Å². The summed E-state index contributed by atoms with van der Waals surface area (Å²) in [6, 6.07) is 9.12. The lowest BCUT2D eigenvalue weighted by molar-refractivity contribution is 0.0707. The molecule has 1 saturated heterocycles. The molecule has 25 heavy (non-hydrogen) atoms. The summed E-state index contributed by atoms with van der Waals surface area (Å²) in [6.07, 6.45) is 3.71. The standard InChI is InChI=1S/C19H20N4O2/c1-12-4-5-17-14(9-12)15(10-18(24)21-17)19(25)23-8-2-3-13(11-23)16-6-7-20-22-16/h4-7,9-10,13H,2-3,8,11H2,1H3,(H,20,22)(H,21,24)/t13-/m0/s1. The highest BCUT2D eigenvalue weighted by Gasteiger charge is 2.27. The number of benzene rings is 1. The zero-order valence-electron chi connectivity index (χ0n) is 14.1. The van der Waals surface area contributed by atoms with Crippen molar-refractivity contribution >= 4 is 16.8 Å². The van der Waals surface area contributed by atoms with Crippen LogP contribution in [-0.4, -0.2) is 39.1 Å². The van der Waals surface area contributed by atoms with Gasteiger partial charge in [0.15, 0.2) is 0 Å². The first kappa shape index (κ1) is 15.6. The topological polar surface area (TPSA) is 81.8 Å². The van der Waals surface area contributed by atoms with E-state index in [1.165, 1.54) is 6.07 Å². The second kappa shape index (κ2) is 6.20. The van der Waals surface area contributed by atoms with Crippen LogP contribution in [0.3, 0.4) is 0 Å². The summed E-state index contributed by atoms with van der Waals surface area (Å²) in [6.45, 7) is 3.33. The van der Waals surface area contributed by atoms with Crippen LogP contribution in [0.5, 0.6) is 0 Å². The third-order valence-electron chi connectivity index (χ3n) is 4.90. The lowest BCUT2D eigenvalue weighted by atomic mass is 9.94. The molecule has 0 aliphatic carbocycles. The number of nitrogens with zero attached hydrogens (tertiary/aromatic N) is 2. The Kier molecular flexibility index (Phi) is 3.87. The van der Waals surface area contributed by atoms with E-state index >= 15 is 0 Å². The molecule has 2 aromatic heterocycles. The van der Waals surface area contributed by atoms with Gasteiger partial charge in [-0.25, -0.2) is 0 Å². The number of H-pyrrole nitrogens is 2. The van der Waals surface area contributed by atoms with Crippen LogP contribution < -0.4 is 5.56 Å². The number of carbonyl (C=O) groups excluding carboxylic acids is 1. The molecule has 1 aliphatic heterocycles. The summed E-state index contributed by atoms with van der Waals surface area (Å²) < 4.78 is 0. The van der Waals surface area contributed by atoms with Gasteiger partial charge < -0.3 is 9.88 Å². The van der Waals surface area contributed by atoms with Crippen LogP contribution in [0.1, 0.15) is 40.4 Å². The monoisotopic (exact) mass is 336 g/mol. The van der Waals surface area contributed by atoms with Gasteiger partial charge in [-0.05, 0) is 38.0 Å². The Bertz CT molecular complexity index is 975. The molecule has 3 heterocycles. The predicted molar refractivity (Wildman–Crippen MR) is 95.8 cm³/mol. The van der Waals surface area contributed by atoms with Crippen molar-refractivity contribution < 1.29 is 4.79 Å². The van der Waals surface area contributed by atoms with E-state index in [1.54, 1.807) is 6.20 Å². The average molecular weight is 336 g/mol. The molecule has 1 amide bonds. The van der Waals surface area contributed by atoms with Gasteiger partial charge in [0.05, 0.1) is 5.56 Å². The maximum Gasteiger partial charge on any atom is 0.254 e. The molecule has 1 aliphatic rings. The van der Waals surface area contributed by atoms with Crippen molar-refractivity contribution in [2.24, 2.45) is 0 Å². The molecular formula is C19H20N4O2. The van der Waals surface area contributed by atoms with E-state index in [1.807, 2.05) is 36.1 Å². The number of rotatable bonds is 2. The van der Waals surface area contributed by atoms with Crippen LogP contribution >= 0.6 is 0 Å². The molecule has 0 saturated carbocycles. The first-order valence-electron chi connectivity index (χ1n) is 8.54. The van der Waals surface area contributed by atoms with Crippen molar-refractivity contribution in [3.63, 3.8) is 0 Å². The molecule has 0 spiro atoms. The number of carbonyl (C=O) groups is 1. The number of aryl methyl sites for hydroxylation is 1. The summed E-state index contributed by atoms with van der Waals surface area (Å²) in [4.78, 5) is 29.8. The van der Waals surface area contributed by atoms with Crippen molar-refractivity contribution in [1.29, 1.82) is 0 Å². The highest BCUT2D eigenvalue weighted by molar-refractivity contribution is 6.06.